The summed E-state index contributed by atoms with van der Waals surface area (Å²) in [5.74, 6) is 0.535. The predicted molar refractivity (Wildman–Crippen MR) is 73.1 cm³/mol. The van der Waals surface area contributed by atoms with E-state index < -0.39 is 0 Å². The van der Waals surface area contributed by atoms with Crippen LogP contribution in [0, 0.1) is 5.92 Å². The number of ether oxygens (including phenoxy) is 2. The van der Waals surface area contributed by atoms with Crippen LogP contribution in [0.1, 0.15) is 12.8 Å². The molecule has 0 bridgehead atoms. The summed E-state index contributed by atoms with van der Waals surface area (Å²) in [7, 11) is 1.41. The zero-order chi connectivity index (χ0) is 13.4. The Balaban J connectivity index is 1.72. The molecule has 0 N–H and O–H groups in total. The Bertz CT molecular complexity index is 613. The molecule has 0 radical (unpaired) electrons. The Morgan fingerprint density at radius 1 is 1.42 bits per heavy atom. The van der Waals surface area contributed by atoms with Crippen molar-refractivity contribution < 1.29 is 18.7 Å². The number of benzene rings is 1. The molecule has 0 atom stereocenters. The van der Waals surface area contributed by atoms with Crippen LogP contribution in [0.3, 0.4) is 0 Å². The SMILES string of the molecule is COC(=O)C1CC(Oc2cccc3c(Br)coc23)C1. The van der Waals surface area contributed by atoms with Gasteiger partial charge in [0, 0.05) is 5.39 Å². The molecule has 4 nitrogen and oxygen atoms in total. The summed E-state index contributed by atoms with van der Waals surface area (Å²) in [6, 6.07) is 5.77. The van der Waals surface area contributed by atoms with E-state index in [1.807, 2.05) is 18.2 Å². The third-order valence-electron chi connectivity index (χ3n) is 3.44. The highest BCUT2D eigenvalue weighted by Gasteiger charge is 2.37. The number of para-hydroxylation sites is 1. The number of esters is 1. The average Bonchev–Trinajstić information content (AvgIpc) is 2.75. The van der Waals surface area contributed by atoms with Gasteiger partial charge in [0.05, 0.1) is 17.5 Å². The van der Waals surface area contributed by atoms with E-state index >= 15 is 0 Å². The van der Waals surface area contributed by atoms with Gasteiger partial charge < -0.3 is 13.9 Å². The molecule has 3 rings (SSSR count). The number of halogens is 1. The molecule has 100 valence electrons. The summed E-state index contributed by atoms with van der Waals surface area (Å²) >= 11 is 3.43. The molecule has 0 aliphatic heterocycles. The number of carbonyl (C=O) groups is 1. The zero-order valence-corrected chi connectivity index (χ0v) is 12.0. The second-order valence-corrected chi connectivity index (χ2v) is 5.50. The molecule has 5 heteroatoms. The van der Waals surface area contributed by atoms with E-state index in [4.69, 9.17) is 13.9 Å². The minimum Gasteiger partial charge on any atom is -0.486 e. The van der Waals surface area contributed by atoms with Crippen LogP contribution in [0.5, 0.6) is 5.75 Å². The lowest BCUT2D eigenvalue weighted by Gasteiger charge is -2.33. The van der Waals surface area contributed by atoms with Crippen molar-refractivity contribution in [2.75, 3.05) is 7.11 Å². The normalized spacial score (nSPS) is 22.0. The van der Waals surface area contributed by atoms with E-state index in [-0.39, 0.29) is 18.0 Å². The molecular weight excluding hydrogens is 312 g/mol. The number of furan rings is 1. The molecule has 1 aromatic heterocycles. The average molecular weight is 325 g/mol. The van der Waals surface area contributed by atoms with Crippen LogP contribution >= 0.6 is 15.9 Å². The van der Waals surface area contributed by atoms with Crippen LogP contribution in [0.15, 0.2) is 33.4 Å². The van der Waals surface area contributed by atoms with Crippen molar-refractivity contribution in [3.8, 4) is 5.75 Å². The van der Waals surface area contributed by atoms with Crippen LogP contribution in [0.2, 0.25) is 0 Å². The third kappa shape index (κ3) is 2.23. The quantitative estimate of drug-likeness (QED) is 0.810. The van der Waals surface area contributed by atoms with Crippen molar-refractivity contribution in [3.05, 3.63) is 28.9 Å². The lowest BCUT2D eigenvalue weighted by Crippen LogP contribution is -2.38. The van der Waals surface area contributed by atoms with Crippen LogP contribution in [-0.4, -0.2) is 19.2 Å². The molecule has 2 aromatic rings. The zero-order valence-electron chi connectivity index (χ0n) is 10.4. The number of methoxy groups -OCH3 is 1. The van der Waals surface area contributed by atoms with Crippen LogP contribution in [0.25, 0.3) is 11.0 Å². The first-order chi connectivity index (χ1) is 9.19. The molecule has 1 fully saturated rings. The predicted octanol–water partition coefficient (Wildman–Crippen LogP) is 3.53. The highest BCUT2D eigenvalue weighted by molar-refractivity contribution is 9.10. The van der Waals surface area contributed by atoms with Crippen molar-refractivity contribution in [1.82, 2.24) is 0 Å². The van der Waals surface area contributed by atoms with Crippen molar-refractivity contribution in [2.24, 2.45) is 5.92 Å². The van der Waals surface area contributed by atoms with E-state index in [1.165, 1.54) is 7.11 Å². The van der Waals surface area contributed by atoms with Crippen molar-refractivity contribution >= 4 is 32.9 Å². The summed E-state index contributed by atoms with van der Waals surface area (Å²) < 4.78 is 17.0. The second-order valence-electron chi connectivity index (χ2n) is 4.65. The van der Waals surface area contributed by atoms with Gasteiger partial charge in [-0.2, -0.15) is 0 Å². The highest BCUT2D eigenvalue weighted by Crippen LogP contribution is 2.37. The lowest BCUT2D eigenvalue weighted by molar-refractivity contribution is -0.151. The summed E-state index contributed by atoms with van der Waals surface area (Å²) in [4.78, 5) is 11.3. The Labute approximate surface area is 118 Å². The smallest absolute Gasteiger partial charge is 0.308 e. The number of fused-ring (bicyclic) bond motifs is 1. The van der Waals surface area contributed by atoms with E-state index in [2.05, 4.69) is 15.9 Å². The molecule has 1 aliphatic carbocycles. The molecule has 19 heavy (non-hydrogen) atoms. The number of rotatable bonds is 3. The second kappa shape index (κ2) is 4.89. The Morgan fingerprint density at radius 2 is 2.21 bits per heavy atom. The fourth-order valence-electron chi connectivity index (χ4n) is 2.29. The van der Waals surface area contributed by atoms with E-state index in [0.29, 0.717) is 12.8 Å². The molecule has 1 heterocycles. The van der Waals surface area contributed by atoms with Crippen molar-refractivity contribution in [1.29, 1.82) is 0 Å². The van der Waals surface area contributed by atoms with E-state index in [0.717, 1.165) is 21.2 Å². The van der Waals surface area contributed by atoms with Gasteiger partial charge in [0.2, 0.25) is 0 Å². The summed E-state index contributed by atoms with van der Waals surface area (Å²) in [5, 5.41) is 0.987. The van der Waals surface area contributed by atoms with Crippen LogP contribution < -0.4 is 4.74 Å². The molecular formula is C14H13BrO4. The molecule has 1 aromatic carbocycles. The van der Waals surface area contributed by atoms with E-state index in [1.54, 1.807) is 6.26 Å². The van der Waals surface area contributed by atoms with Gasteiger partial charge in [0.15, 0.2) is 11.3 Å². The van der Waals surface area contributed by atoms with Gasteiger partial charge in [0.25, 0.3) is 0 Å². The standard InChI is InChI=1S/C14H13BrO4/c1-17-14(16)8-5-9(6-8)19-12-4-2-3-10-11(15)7-18-13(10)12/h2-4,7-9H,5-6H2,1H3. The first kappa shape index (κ1) is 12.5. The first-order valence-corrected chi connectivity index (χ1v) is 6.88. The Kier molecular flexibility index (Phi) is 3.22. The van der Waals surface area contributed by atoms with Gasteiger partial charge in [-0.1, -0.05) is 6.07 Å². The number of carbonyl (C=O) groups excluding carboxylic acids is 1. The molecule has 1 aliphatic rings. The van der Waals surface area contributed by atoms with Crippen LogP contribution in [0.4, 0.5) is 0 Å². The van der Waals surface area contributed by atoms with Crippen LogP contribution in [-0.2, 0) is 9.53 Å². The fraction of sp³-hybridized carbons (Fsp3) is 0.357. The maximum absolute atomic E-state index is 11.3. The molecule has 0 amide bonds. The Hall–Kier alpha value is -1.49. The maximum Gasteiger partial charge on any atom is 0.308 e. The summed E-state index contributed by atoms with van der Waals surface area (Å²) in [6.07, 6.45) is 3.10. The number of hydrogen-bond acceptors (Lipinski definition) is 4. The first-order valence-electron chi connectivity index (χ1n) is 6.09. The monoisotopic (exact) mass is 324 g/mol. The summed E-state index contributed by atoms with van der Waals surface area (Å²) in [5.41, 5.74) is 0.732. The minimum atomic E-state index is -0.154. The molecule has 1 saturated carbocycles. The van der Waals surface area contributed by atoms with E-state index in [9.17, 15) is 4.79 Å². The van der Waals surface area contributed by atoms with Gasteiger partial charge in [-0.05, 0) is 40.9 Å². The highest BCUT2D eigenvalue weighted by atomic mass is 79.9. The van der Waals surface area contributed by atoms with Gasteiger partial charge in [0.1, 0.15) is 12.4 Å². The largest absolute Gasteiger partial charge is 0.486 e. The van der Waals surface area contributed by atoms with Crippen molar-refractivity contribution in [2.45, 2.75) is 18.9 Å². The molecule has 0 spiro atoms. The maximum atomic E-state index is 11.3. The van der Waals surface area contributed by atoms with Gasteiger partial charge >= 0.3 is 5.97 Å². The van der Waals surface area contributed by atoms with Gasteiger partial charge in [-0.3, -0.25) is 4.79 Å². The molecule has 0 unspecified atom stereocenters. The minimum absolute atomic E-state index is 0.0301. The Morgan fingerprint density at radius 3 is 2.95 bits per heavy atom. The fourth-order valence-corrected chi connectivity index (χ4v) is 2.70. The van der Waals surface area contributed by atoms with Gasteiger partial charge in [-0.15, -0.1) is 0 Å². The summed E-state index contributed by atoms with van der Waals surface area (Å²) in [6.45, 7) is 0. The topological polar surface area (TPSA) is 48.7 Å². The third-order valence-corrected chi connectivity index (χ3v) is 4.05. The number of hydrogen-bond donors (Lipinski definition) is 0. The lowest BCUT2D eigenvalue weighted by atomic mass is 9.82. The molecule has 0 saturated heterocycles. The van der Waals surface area contributed by atoms with Crippen molar-refractivity contribution in [3.63, 3.8) is 0 Å². The van der Waals surface area contributed by atoms with Gasteiger partial charge in [-0.25, -0.2) is 0 Å².